The molecule has 0 heterocycles. The van der Waals surface area contributed by atoms with Crippen LogP contribution in [0.5, 0.6) is 17.2 Å². The number of hydrogen-bond donors (Lipinski definition) is 4. The molecule has 0 saturated heterocycles. The second-order valence-corrected chi connectivity index (χ2v) is 3.76. The average molecular weight is 232 g/mol. The molecular weight excluding hydrogens is 218 g/mol. The summed E-state index contributed by atoms with van der Waals surface area (Å²) in [7, 11) is 0. The molecule has 0 bridgehead atoms. The molecule has 1 aromatic carbocycles. The third-order valence-electron chi connectivity index (χ3n) is 2.58. The smallest absolute Gasteiger partial charge is 0.127 e. The lowest BCUT2D eigenvalue weighted by atomic mass is 10.0. The van der Waals surface area contributed by atoms with Gasteiger partial charge < -0.3 is 21.1 Å². The van der Waals surface area contributed by atoms with Crippen molar-refractivity contribution in [2.75, 3.05) is 0 Å². The second-order valence-electron chi connectivity index (χ2n) is 3.76. The summed E-state index contributed by atoms with van der Waals surface area (Å²) in [5.41, 5.74) is 6.19. The van der Waals surface area contributed by atoms with Crippen LogP contribution in [0.4, 0.5) is 0 Å². The molecule has 15 heavy (non-hydrogen) atoms. The van der Waals surface area contributed by atoms with Gasteiger partial charge in [0.2, 0.25) is 0 Å². The molecule has 0 unspecified atom stereocenters. The quantitative estimate of drug-likeness (QED) is 0.623. The van der Waals surface area contributed by atoms with Crippen molar-refractivity contribution in [1.82, 2.24) is 0 Å². The van der Waals surface area contributed by atoms with Crippen LogP contribution in [0, 0.1) is 5.92 Å². The van der Waals surface area contributed by atoms with Gasteiger partial charge in [-0.15, -0.1) is 12.4 Å². The van der Waals surface area contributed by atoms with E-state index in [1.165, 1.54) is 12.1 Å². The average Bonchev–Trinajstić information content (AvgIpc) is 2.83. The van der Waals surface area contributed by atoms with Gasteiger partial charge in [-0.25, -0.2) is 0 Å². The number of aromatic hydroxyl groups is 3. The Labute approximate surface area is 93.8 Å². The van der Waals surface area contributed by atoms with Gasteiger partial charge in [0.1, 0.15) is 17.2 Å². The van der Waals surface area contributed by atoms with Crippen LogP contribution >= 0.6 is 12.4 Å². The standard InChI is InChI=1S/C10H13NO3.ClH/c11-10(5-1-2-5)9-7(13)3-6(12)4-8(9)14;/h3-5,10,12-14H,1-2,11H2;1H/t10-;/m1./s1. The Kier molecular flexibility index (Phi) is 3.31. The van der Waals surface area contributed by atoms with E-state index < -0.39 is 0 Å². The topological polar surface area (TPSA) is 86.7 Å². The zero-order valence-electron chi connectivity index (χ0n) is 8.05. The normalized spacial score (nSPS) is 16.9. The first-order valence-electron chi connectivity index (χ1n) is 4.60. The van der Waals surface area contributed by atoms with Crippen LogP contribution in [0.1, 0.15) is 24.4 Å². The number of nitrogens with two attached hydrogens (primary N) is 1. The zero-order chi connectivity index (χ0) is 10.3. The molecule has 84 valence electrons. The lowest BCUT2D eigenvalue weighted by Gasteiger charge is -2.14. The molecule has 5 heteroatoms. The SMILES string of the molecule is Cl.N[C@@H](c1c(O)cc(O)cc1O)C1CC1. The fourth-order valence-corrected chi connectivity index (χ4v) is 1.64. The minimum absolute atomic E-state index is 0. The Morgan fingerprint density at radius 2 is 1.60 bits per heavy atom. The van der Waals surface area contributed by atoms with E-state index in [1.54, 1.807) is 0 Å². The van der Waals surface area contributed by atoms with Crippen molar-refractivity contribution >= 4 is 12.4 Å². The van der Waals surface area contributed by atoms with Gasteiger partial charge in [-0.2, -0.15) is 0 Å². The second kappa shape index (κ2) is 4.16. The van der Waals surface area contributed by atoms with Crippen molar-refractivity contribution in [2.24, 2.45) is 11.7 Å². The minimum Gasteiger partial charge on any atom is -0.508 e. The molecule has 1 atom stereocenters. The van der Waals surface area contributed by atoms with Crippen LogP contribution < -0.4 is 5.73 Å². The first kappa shape index (κ1) is 11.9. The number of hydrogen-bond acceptors (Lipinski definition) is 4. The third-order valence-corrected chi connectivity index (χ3v) is 2.58. The van der Waals surface area contributed by atoms with Crippen LogP contribution in [-0.2, 0) is 0 Å². The van der Waals surface area contributed by atoms with Gasteiger partial charge >= 0.3 is 0 Å². The highest BCUT2D eigenvalue weighted by Gasteiger charge is 2.32. The minimum atomic E-state index is -0.337. The van der Waals surface area contributed by atoms with Crippen molar-refractivity contribution in [3.8, 4) is 17.2 Å². The van der Waals surface area contributed by atoms with Crippen LogP contribution in [-0.4, -0.2) is 15.3 Å². The van der Waals surface area contributed by atoms with E-state index in [0.717, 1.165) is 12.8 Å². The van der Waals surface area contributed by atoms with E-state index in [4.69, 9.17) is 10.8 Å². The van der Waals surface area contributed by atoms with Crippen LogP contribution in [0.2, 0.25) is 0 Å². The molecule has 1 aromatic rings. The highest BCUT2D eigenvalue weighted by molar-refractivity contribution is 5.85. The first-order chi connectivity index (χ1) is 6.59. The predicted octanol–water partition coefficient (Wildman–Crippen LogP) is 1.63. The zero-order valence-corrected chi connectivity index (χ0v) is 8.87. The van der Waals surface area contributed by atoms with Crippen molar-refractivity contribution in [3.63, 3.8) is 0 Å². The highest BCUT2D eigenvalue weighted by atomic mass is 35.5. The van der Waals surface area contributed by atoms with Gasteiger partial charge in [-0.3, -0.25) is 0 Å². The molecule has 2 rings (SSSR count). The molecule has 4 nitrogen and oxygen atoms in total. The molecule has 0 spiro atoms. The number of phenols is 3. The largest absolute Gasteiger partial charge is 0.508 e. The lowest BCUT2D eigenvalue weighted by molar-refractivity contribution is 0.407. The van der Waals surface area contributed by atoms with Gasteiger partial charge in [0.15, 0.2) is 0 Å². The Morgan fingerprint density at radius 1 is 1.13 bits per heavy atom. The predicted molar refractivity (Wildman–Crippen MR) is 58.3 cm³/mol. The van der Waals surface area contributed by atoms with E-state index in [1.807, 2.05) is 0 Å². The van der Waals surface area contributed by atoms with E-state index in [-0.39, 0.29) is 35.7 Å². The van der Waals surface area contributed by atoms with E-state index in [9.17, 15) is 10.2 Å². The summed E-state index contributed by atoms with van der Waals surface area (Å²) in [6.07, 6.45) is 2.06. The van der Waals surface area contributed by atoms with E-state index >= 15 is 0 Å². The molecule has 1 saturated carbocycles. The maximum absolute atomic E-state index is 9.52. The molecular formula is C10H14ClNO3. The van der Waals surface area contributed by atoms with Crippen molar-refractivity contribution in [3.05, 3.63) is 17.7 Å². The summed E-state index contributed by atoms with van der Waals surface area (Å²) in [6, 6.07) is 2.05. The number of rotatable bonds is 2. The summed E-state index contributed by atoms with van der Waals surface area (Å²) in [6.45, 7) is 0. The summed E-state index contributed by atoms with van der Waals surface area (Å²) in [5.74, 6) is -0.0908. The van der Waals surface area contributed by atoms with E-state index in [2.05, 4.69) is 0 Å². The fourth-order valence-electron chi connectivity index (χ4n) is 1.64. The Morgan fingerprint density at radius 3 is 2.00 bits per heavy atom. The summed E-state index contributed by atoms with van der Waals surface area (Å²) < 4.78 is 0. The molecule has 1 aliphatic carbocycles. The monoisotopic (exact) mass is 231 g/mol. The number of phenolic OH excluding ortho intramolecular Hbond substituents is 3. The molecule has 1 fully saturated rings. The Bertz CT molecular complexity index is 343. The molecule has 1 aliphatic rings. The molecule has 0 radical (unpaired) electrons. The van der Waals surface area contributed by atoms with Gasteiger partial charge in [0.25, 0.3) is 0 Å². The molecule has 0 amide bonds. The third kappa shape index (κ3) is 2.27. The first-order valence-corrected chi connectivity index (χ1v) is 4.60. The lowest BCUT2D eigenvalue weighted by Crippen LogP contribution is -2.12. The molecule has 5 N–H and O–H groups in total. The van der Waals surface area contributed by atoms with Crippen LogP contribution in [0.15, 0.2) is 12.1 Å². The Balaban J connectivity index is 0.00000112. The highest BCUT2D eigenvalue weighted by Crippen LogP contribution is 2.45. The van der Waals surface area contributed by atoms with Gasteiger partial charge in [-0.1, -0.05) is 0 Å². The maximum Gasteiger partial charge on any atom is 0.127 e. The van der Waals surface area contributed by atoms with Crippen LogP contribution in [0.3, 0.4) is 0 Å². The van der Waals surface area contributed by atoms with Crippen molar-refractivity contribution in [1.29, 1.82) is 0 Å². The summed E-state index contributed by atoms with van der Waals surface area (Å²) >= 11 is 0. The Hall–Kier alpha value is -1.13. The van der Waals surface area contributed by atoms with Crippen LogP contribution in [0.25, 0.3) is 0 Å². The van der Waals surface area contributed by atoms with Gasteiger partial charge in [0.05, 0.1) is 5.56 Å². The van der Waals surface area contributed by atoms with Crippen molar-refractivity contribution in [2.45, 2.75) is 18.9 Å². The molecule has 0 aromatic heterocycles. The van der Waals surface area contributed by atoms with Gasteiger partial charge in [0, 0.05) is 18.2 Å². The van der Waals surface area contributed by atoms with Crippen molar-refractivity contribution < 1.29 is 15.3 Å². The summed E-state index contributed by atoms with van der Waals surface area (Å²) in [5, 5.41) is 28.1. The summed E-state index contributed by atoms with van der Waals surface area (Å²) in [4.78, 5) is 0. The number of benzene rings is 1. The molecule has 0 aliphatic heterocycles. The van der Waals surface area contributed by atoms with E-state index in [0.29, 0.717) is 11.5 Å². The van der Waals surface area contributed by atoms with Gasteiger partial charge in [-0.05, 0) is 18.8 Å². The maximum atomic E-state index is 9.52. The number of halogens is 1. The fraction of sp³-hybridized carbons (Fsp3) is 0.400.